The summed E-state index contributed by atoms with van der Waals surface area (Å²) in [6, 6.07) is 0. The Hall–Kier alpha value is -1.10. The molecule has 0 unspecified atom stereocenters. The van der Waals surface area contributed by atoms with E-state index in [9.17, 15) is 9.59 Å². The summed E-state index contributed by atoms with van der Waals surface area (Å²) in [6.45, 7) is 5.36. The number of hydroxylamine groups is 2. The molecule has 0 heterocycles. The highest BCUT2D eigenvalue weighted by Gasteiger charge is 2.11. The van der Waals surface area contributed by atoms with Gasteiger partial charge in [0.05, 0.1) is 19.1 Å². The summed E-state index contributed by atoms with van der Waals surface area (Å²) in [4.78, 5) is 26.3. The van der Waals surface area contributed by atoms with Crippen LogP contribution in [0.5, 0.6) is 0 Å². The van der Waals surface area contributed by atoms with Crippen LogP contribution in [0.4, 0.5) is 0 Å². The Morgan fingerprint density at radius 1 is 1.36 bits per heavy atom. The molecule has 1 amide bonds. The zero-order chi connectivity index (χ0) is 11.1. The smallest absolute Gasteiger partial charge is 0.329 e. The number of ether oxygens (including phenoxy) is 1. The molecule has 82 valence electrons. The third-order valence-corrected chi connectivity index (χ3v) is 1.38. The highest BCUT2D eigenvalue weighted by Crippen LogP contribution is 1.96. The molecule has 0 aromatic carbocycles. The van der Waals surface area contributed by atoms with E-state index in [1.807, 2.05) is 13.8 Å². The largest absolute Gasteiger partial charge is 0.378 e. The topological polar surface area (TPSA) is 55.8 Å². The van der Waals surface area contributed by atoms with E-state index in [0.717, 1.165) is 5.06 Å². The lowest BCUT2D eigenvalue weighted by Crippen LogP contribution is -2.29. The Bertz CT molecular complexity index is 203. The number of hydrogen-bond donors (Lipinski definition) is 0. The van der Waals surface area contributed by atoms with Crippen molar-refractivity contribution in [1.29, 1.82) is 0 Å². The molecule has 0 saturated heterocycles. The van der Waals surface area contributed by atoms with Crippen molar-refractivity contribution in [1.82, 2.24) is 5.06 Å². The fourth-order valence-electron chi connectivity index (χ4n) is 0.783. The fourth-order valence-corrected chi connectivity index (χ4v) is 0.783. The lowest BCUT2D eigenvalue weighted by atomic mass is 10.4. The Balaban J connectivity index is 3.67. The van der Waals surface area contributed by atoms with E-state index in [-0.39, 0.29) is 18.4 Å². The van der Waals surface area contributed by atoms with Crippen LogP contribution in [0, 0.1) is 0 Å². The van der Waals surface area contributed by atoms with E-state index in [2.05, 4.69) is 4.84 Å². The number of amides is 1. The molecule has 0 aliphatic carbocycles. The fraction of sp³-hybridized carbons (Fsp3) is 0.778. The van der Waals surface area contributed by atoms with Crippen molar-refractivity contribution in [2.24, 2.45) is 0 Å². The number of rotatable bonds is 4. The van der Waals surface area contributed by atoms with Gasteiger partial charge in [0.1, 0.15) is 0 Å². The van der Waals surface area contributed by atoms with Gasteiger partial charge < -0.3 is 9.57 Å². The first-order valence-electron chi connectivity index (χ1n) is 4.50. The van der Waals surface area contributed by atoms with Crippen LogP contribution in [0.3, 0.4) is 0 Å². The molecule has 0 rings (SSSR count). The summed E-state index contributed by atoms with van der Waals surface area (Å²) >= 11 is 0. The van der Waals surface area contributed by atoms with Gasteiger partial charge in [-0.1, -0.05) is 0 Å². The lowest BCUT2D eigenvalue weighted by Gasteiger charge is -2.15. The van der Waals surface area contributed by atoms with Gasteiger partial charge in [-0.15, -0.1) is 0 Å². The van der Waals surface area contributed by atoms with E-state index in [4.69, 9.17) is 4.74 Å². The Labute approximate surface area is 83.9 Å². The molecule has 0 fully saturated rings. The van der Waals surface area contributed by atoms with Crippen LogP contribution in [-0.4, -0.2) is 36.7 Å². The molecule has 0 N–H and O–H groups in total. The van der Waals surface area contributed by atoms with E-state index in [1.54, 1.807) is 0 Å². The second kappa shape index (κ2) is 6.37. The average Bonchev–Trinajstić information content (AvgIpc) is 2.01. The summed E-state index contributed by atoms with van der Waals surface area (Å²) in [6.07, 6.45) is 0.309. The van der Waals surface area contributed by atoms with Gasteiger partial charge in [-0.2, -0.15) is 5.06 Å². The minimum absolute atomic E-state index is 0.0989. The molecular weight excluding hydrogens is 186 g/mol. The molecule has 5 nitrogen and oxygen atoms in total. The third-order valence-electron chi connectivity index (χ3n) is 1.38. The van der Waals surface area contributed by atoms with Gasteiger partial charge >= 0.3 is 5.97 Å². The summed E-state index contributed by atoms with van der Waals surface area (Å²) in [7, 11) is 1.40. The molecule has 0 atom stereocenters. The van der Waals surface area contributed by atoms with Crippen LogP contribution in [0.15, 0.2) is 0 Å². The number of carbonyl (C=O) groups excluding carboxylic acids is 2. The third kappa shape index (κ3) is 6.42. The predicted octanol–water partition coefficient (Wildman–Crippen LogP) is 0.738. The van der Waals surface area contributed by atoms with Crippen LogP contribution in [-0.2, 0) is 19.2 Å². The Morgan fingerprint density at radius 3 is 2.36 bits per heavy atom. The summed E-state index contributed by atoms with van der Waals surface area (Å²) in [5.41, 5.74) is 0. The molecular formula is C9H17NO4. The van der Waals surface area contributed by atoms with Crippen LogP contribution in [0.25, 0.3) is 0 Å². The zero-order valence-electron chi connectivity index (χ0n) is 9.07. The first kappa shape index (κ1) is 12.9. The predicted molar refractivity (Wildman–Crippen MR) is 50.2 cm³/mol. The van der Waals surface area contributed by atoms with Crippen molar-refractivity contribution in [2.75, 3.05) is 13.7 Å². The molecule has 0 aromatic heterocycles. The van der Waals surface area contributed by atoms with Crippen LogP contribution >= 0.6 is 0 Å². The van der Waals surface area contributed by atoms with Gasteiger partial charge in [-0.3, -0.25) is 9.59 Å². The second-order valence-electron chi connectivity index (χ2n) is 3.14. The molecule has 14 heavy (non-hydrogen) atoms. The van der Waals surface area contributed by atoms with E-state index in [1.165, 1.54) is 14.0 Å². The average molecular weight is 203 g/mol. The van der Waals surface area contributed by atoms with Gasteiger partial charge in [-0.25, -0.2) is 0 Å². The van der Waals surface area contributed by atoms with Crippen LogP contribution < -0.4 is 0 Å². The highest BCUT2D eigenvalue weighted by atomic mass is 16.7. The normalized spacial score (nSPS) is 10.1. The van der Waals surface area contributed by atoms with Gasteiger partial charge in [0.25, 0.3) is 5.91 Å². The SMILES string of the molecule is CC(=O)ON(C)C(=O)CCOC(C)C. The molecule has 5 heteroatoms. The van der Waals surface area contributed by atoms with Crippen molar-refractivity contribution in [3.05, 3.63) is 0 Å². The van der Waals surface area contributed by atoms with E-state index in [0.29, 0.717) is 6.61 Å². The zero-order valence-corrected chi connectivity index (χ0v) is 9.07. The van der Waals surface area contributed by atoms with Crippen molar-refractivity contribution < 1.29 is 19.2 Å². The molecule has 0 saturated carbocycles. The second-order valence-corrected chi connectivity index (χ2v) is 3.14. The standard InChI is InChI=1S/C9H17NO4/c1-7(2)13-6-5-9(12)10(4)14-8(3)11/h7H,5-6H2,1-4H3. The Kier molecular flexibility index (Phi) is 5.87. The minimum Gasteiger partial charge on any atom is -0.378 e. The van der Waals surface area contributed by atoms with Crippen molar-refractivity contribution in [3.8, 4) is 0 Å². The summed E-state index contributed by atoms with van der Waals surface area (Å²) < 4.78 is 5.18. The summed E-state index contributed by atoms with van der Waals surface area (Å²) in [5, 5.41) is 0.923. The Morgan fingerprint density at radius 2 is 1.93 bits per heavy atom. The maximum atomic E-state index is 11.2. The number of hydrogen-bond acceptors (Lipinski definition) is 4. The van der Waals surface area contributed by atoms with Gasteiger partial charge in [0, 0.05) is 14.0 Å². The van der Waals surface area contributed by atoms with Gasteiger partial charge in [0.2, 0.25) is 0 Å². The van der Waals surface area contributed by atoms with Gasteiger partial charge in [0.15, 0.2) is 0 Å². The lowest BCUT2D eigenvalue weighted by molar-refractivity contribution is -0.191. The highest BCUT2D eigenvalue weighted by molar-refractivity contribution is 5.77. The van der Waals surface area contributed by atoms with Crippen molar-refractivity contribution in [3.63, 3.8) is 0 Å². The quantitative estimate of drug-likeness (QED) is 0.632. The maximum Gasteiger partial charge on any atom is 0.329 e. The van der Waals surface area contributed by atoms with Gasteiger partial charge in [-0.05, 0) is 13.8 Å². The molecule has 0 aliphatic heterocycles. The maximum absolute atomic E-state index is 11.2. The van der Waals surface area contributed by atoms with E-state index >= 15 is 0 Å². The number of carbonyl (C=O) groups is 2. The molecule has 0 bridgehead atoms. The molecule has 0 aliphatic rings. The molecule has 0 radical (unpaired) electrons. The summed E-state index contributed by atoms with van der Waals surface area (Å²) in [5.74, 6) is -0.786. The van der Waals surface area contributed by atoms with Crippen molar-refractivity contribution in [2.45, 2.75) is 33.3 Å². The first-order chi connectivity index (χ1) is 6.43. The monoisotopic (exact) mass is 203 g/mol. The van der Waals surface area contributed by atoms with Crippen LogP contribution in [0.1, 0.15) is 27.2 Å². The van der Waals surface area contributed by atoms with Crippen molar-refractivity contribution >= 4 is 11.9 Å². The minimum atomic E-state index is -0.509. The molecule has 0 spiro atoms. The van der Waals surface area contributed by atoms with Crippen LogP contribution in [0.2, 0.25) is 0 Å². The number of nitrogens with zero attached hydrogens (tertiary/aromatic N) is 1. The van der Waals surface area contributed by atoms with E-state index < -0.39 is 5.97 Å². The molecule has 0 aromatic rings. The first-order valence-corrected chi connectivity index (χ1v) is 4.50.